The Kier molecular flexibility index (Phi) is 3.56. The first-order valence-corrected chi connectivity index (χ1v) is 6.64. The van der Waals surface area contributed by atoms with Crippen molar-refractivity contribution in [2.75, 3.05) is 5.73 Å². The van der Waals surface area contributed by atoms with E-state index in [4.69, 9.17) is 11.0 Å². The number of alkyl halides is 3. The Balaban J connectivity index is 2.08. The normalized spacial score (nSPS) is 11.6. The van der Waals surface area contributed by atoms with Crippen LogP contribution in [0.15, 0.2) is 16.9 Å². The zero-order valence-corrected chi connectivity index (χ0v) is 12.2. The third kappa shape index (κ3) is 2.60. The van der Waals surface area contributed by atoms with Gasteiger partial charge in [-0.15, -0.1) is 0 Å². The molecule has 7 nitrogen and oxygen atoms in total. The average Bonchev–Trinajstić information content (AvgIpc) is 2.98. The van der Waals surface area contributed by atoms with Gasteiger partial charge in [-0.1, -0.05) is 0 Å². The van der Waals surface area contributed by atoms with E-state index in [0.29, 0.717) is 11.3 Å². The number of nitrogens with two attached hydrogens (primary N) is 1. The fourth-order valence-corrected chi connectivity index (χ4v) is 2.31. The number of hydrogen-bond donors (Lipinski definition) is 1. The van der Waals surface area contributed by atoms with E-state index in [0.717, 1.165) is 12.3 Å². The lowest BCUT2D eigenvalue weighted by atomic mass is 10.0. The molecule has 3 rings (SSSR count). The molecule has 0 aliphatic heterocycles. The number of nitrogen functional groups attached to an aromatic ring is 1. The van der Waals surface area contributed by atoms with Crippen LogP contribution in [0.4, 0.5) is 18.9 Å². The fraction of sp³-hybridized carbons (Fsp3) is 0.214. The number of fused-ring (bicyclic) bond motifs is 1. The highest BCUT2D eigenvalue weighted by Gasteiger charge is 2.34. The maximum atomic E-state index is 13.0. The Labute approximate surface area is 132 Å². The van der Waals surface area contributed by atoms with Gasteiger partial charge in [0.2, 0.25) is 5.65 Å². The van der Waals surface area contributed by atoms with E-state index in [9.17, 15) is 13.2 Å². The molecule has 0 spiro atoms. The fourth-order valence-electron chi connectivity index (χ4n) is 2.31. The van der Waals surface area contributed by atoms with E-state index in [-0.39, 0.29) is 29.0 Å². The Morgan fingerprint density at radius 2 is 2.08 bits per heavy atom. The highest BCUT2D eigenvalue weighted by molar-refractivity contribution is 5.85. The first-order valence-electron chi connectivity index (χ1n) is 6.64. The van der Waals surface area contributed by atoms with Gasteiger partial charge in [0, 0.05) is 29.6 Å². The van der Waals surface area contributed by atoms with Crippen molar-refractivity contribution in [3.8, 4) is 6.07 Å². The van der Waals surface area contributed by atoms with Gasteiger partial charge in [0.25, 0.3) is 0 Å². The number of pyridine rings is 2. The third-order valence-corrected chi connectivity index (χ3v) is 3.51. The minimum Gasteiger partial charge on any atom is -0.396 e. The van der Waals surface area contributed by atoms with Crippen molar-refractivity contribution in [3.63, 3.8) is 0 Å². The van der Waals surface area contributed by atoms with Crippen LogP contribution in [0.1, 0.15) is 28.1 Å². The summed E-state index contributed by atoms with van der Waals surface area (Å²) in [5, 5.41) is 16.0. The van der Waals surface area contributed by atoms with Crippen LogP contribution in [0.3, 0.4) is 0 Å². The third-order valence-electron chi connectivity index (χ3n) is 3.51. The van der Waals surface area contributed by atoms with Gasteiger partial charge >= 0.3 is 6.18 Å². The molecule has 0 saturated heterocycles. The molecule has 3 aromatic heterocycles. The Bertz CT molecular complexity index is 973. The number of rotatable bonds is 2. The van der Waals surface area contributed by atoms with Crippen LogP contribution >= 0.6 is 0 Å². The molecule has 3 heterocycles. The average molecular weight is 334 g/mol. The molecule has 0 amide bonds. The summed E-state index contributed by atoms with van der Waals surface area (Å²) >= 11 is 0. The highest BCUT2D eigenvalue weighted by atomic mass is 19.4. The van der Waals surface area contributed by atoms with E-state index in [1.807, 2.05) is 0 Å². The quantitative estimate of drug-likeness (QED) is 0.765. The Morgan fingerprint density at radius 1 is 1.33 bits per heavy atom. The SMILES string of the molecule is Cc1nc2nonc2c(N)c1Cc1cc(C(F)(F)F)c(C#N)cn1. The molecule has 0 unspecified atom stereocenters. The smallest absolute Gasteiger partial charge is 0.396 e. The zero-order chi connectivity index (χ0) is 17.5. The number of aryl methyl sites for hydroxylation is 1. The van der Waals surface area contributed by atoms with Crippen LogP contribution in [-0.4, -0.2) is 20.3 Å². The van der Waals surface area contributed by atoms with Crippen LogP contribution in [0, 0.1) is 18.3 Å². The van der Waals surface area contributed by atoms with Gasteiger partial charge in [-0.25, -0.2) is 9.61 Å². The lowest BCUT2D eigenvalue weighted by molar-refractivity contribution is -0.137. The number of aromatic nitrogens is 4. The van der Waals surface area contributed by atoms with Crippen LogP contribution in [0.2, 0.25) is 0 Å². The molecule has 2 N–H and O–H groups in total. The number of halogens is 3. The maximum Gasteiger partial charge on any atom is 0.417 e. The summed E-state index contributed by atoms with van der Waals surface area (Å²) in [5.74, 6) is 0. The summed E-state index contributed by atoms with van der Waals surface area (Å²) in [6.07, 6.45) is -3.75. The molecule has 0 aliphatic rings. The lowest BCUT2D eigenvalue weighted by Crippen LogP contribution is -2.11. The predicted octanol–water partition coefficient (Wildman–Crippen LogP) is 2.38. The van der Waals surface area contributed by atoms with Crippen LogP contribution in [-0.2, 0) is 12.6 Å². The molecule has 0 fully saturated rings. The minimum absolute atomic E-state index is 0.00224. The van der Waals surface area contributed by atoms with Gasteiger partial charge in [0.15, 0.2) is 5.52 Å². The predicted molar refractivity (Wildman–Crippen MR) is 75.5 cm³/mol. The number of anilines is 1. The molecule has 0 atom stereocenters. The summed E-state index contributed by atoms with van der Waals surface area (Å²) in [6, 6.07) is 2.32. The Hall–Kier alpha value is -3.22. The summed E-state index contributed by atoms with van der Waals surface area (Å²) in [5.41, 5.74) is 6.15. The molecular weight excluding hydrogens is 325 g/mol. The second-order valence-electron chi connectivity index (χ2n) is 5.03. The van der Waals surface area contributed by atoms with Crippen molar-refractivity contribution in [1.82, 2.24) is 20.3 Å². The van der Waals surface area contributed by atoms with Crippen LogP contribution in [0.25, 0.3) is 11.2 Å². The van der Waals surface area contributed by atoms with Gasteiger partial charge in [0.05, 0.1) is 16.8 Å². The first kappa shape index (κ1) is 15.7. The Morgan fingerprint density at radius 3 is 2.75 bits per heavy atom. The van der Waals surface area contributed by atoms with Crippen molar-refractivity contribution in [2.45, 2.75) is 19.5 Å². The van der Waals surface area contributed by atoms with Gasteiger partial charge in [0.1, 0.15) is 6.07 Å². The molecule has 122 valence electrons. The topological polar surface area (TPSA) is 115 Å². The molecule has 24 heavy (non-hydrogen) atoms. The van der Waals surface area contributed by atoms with E-state index in [1.165, 1.54) is 6.07 Å². The second-order valence-corrected chi connectivity index (χ2v) is 5.03. The molecule has 0 bridgehead atoms. The number of nitriles is 1. The molecular formula is C14H9F3N6O. The molecule has 3 aromatic rings. The zero-order valence-electron chi connectivity index (χ0n) is 12.2. The summed E-state index contributed by atoms with van der Waals surface area (Å²) in [7, 11) is 0. The summed E-state index contributed by atoms with van der Waals surface area (Å²) in [6.45, 7) is 1.65. The molecule has 0 radical (unpaired) electrons. The van der Waals surface area contributed by atoms with Gasteiger partial charge in [-0.05, 0) is 23.3 Å². The molecule has 0 aliphatic carbocycles. The van der Waals surface area contributed by atoms with Crippen molar-refractivity contribution in [2.24, 2.45) is 0 Å². The monoisotopic (exact) mass is 334 g/mol. The van der Waals surface area contributed by atoms with Crippen molar-refractivity contribution in [3.05, 3.63) is 40.3 Å². The minimum atomic E-state index is -4.65. The van der Waals surface area contributed by atoms with E-state index in [1.54, 1.807) is 6.92 Å². The first-order chi connectivity index (χ1) is 11.3. The van der Waals surface area contributed by atoms with Crippen molar-refractivity contribution < 1.29 is 17.8 Å². The summed E-state index contributed by atoms with van der Waals surface area (Å²) in [4.78, 5) is 8.05. The molecule has 10 heteroatoms. The molecule has 0 aromatic carbocycles. The lowest BCUT2D eigenvalue weighted by Gasteiger charge is -2.12. The van der Waals surface area contributed by atoms with Crippen LogP contribution in [0.5, 0.6) is 0 Å². The van der Waals surface area contributed by atoms with E-state index >= 15 is 0 Å². The van der Waals surface area contributed by atoms with E-state index < -0.39 is 17.3 Å². The van der Waals surface area contributed by atoms with Gasteiger partial charge in [-0.3, -0.25) is 4.98 Å². The van der Waals surface area contributed by atoms with Crippen molar-refractivity contribution >= 4 is 16.9 Å². The number of nitrogens with zero attached hydrogens (tertiary/aromatic N) is 5. The van der Waals surface area contributed by atoms with Gasteiger partial charge < -0.3 is 5.73 Å². The van der Waals surface area contributed by atoms with Gasteiger partial charge in [-0.2, -0.15) is 18.4 Å². The van der Waals surface area contributed by atoms with Crippen molar-refractivity contribution in [1.29, 1.82) is 5.26 Å². The maximum absolute atomic E-state index is 13.0. The largest absolute Gasteiger partial charge is 0.417 e. The summed E-state index contributed by atoms with van der Waals surface area (Å²) < 4.78 is 43.7. The number of hydrogen-bond acceptors (Lipinski definition) is 7. The molecule has 0 saturated carbocycles. The van der Waals surface area contributed by atoms with E-state index in [2.05, 4.69) is 24.9 Å². The highest BCUT2D eigenvalue weighted by Crippen LogP contribution is 2.33. The second kappa shape index (κ2) is 5.45. The van der Waals surface area contributed by atoms with Crippen LogP contribution < -0.4 is 5.73 Å². The standard InChI is InChI=1S/C14H9F3N6O/c1-6-9(11(19)12-13(21-6)23-24-22-12)2-8-3-10(14(15,16)17)7(4-18)5-20-8/h3,5H,2,19H2,1H3.